The monoisotopic (exact) mass is 214 g/mol. The SMILES string of the molecule is CO[C@@H]1O[C@@]2(C)C[C@H]3CCCC[C@]31OO2. The van der Waals surface area contributed by atoms with Crippen LogP contribution in [0.25, 0.3) is 0 Å². The highest BCUT2D eigenvalue weighted by molar-refractivity contribution is 5.01. The summed E-state index contributed by atoms with van der Waals surface area (Å²) in [5, 5.41) is 0. The van der Waals surface area contributed by atoms with E-state index in [1.165, 1.54) is 19.3 Å². The van der Waals surface area contributed by atoms with Gasteiger partial charge in [0.1, 0.15) is 0 Å². The normalized spacial score (nSPS) is 54.0. The van der Waals surface area contributed by atoms with Crippen LogP contribution in [-0.4, -0.2) is 24.8 Å². The molecule has 86 valence electrons. The lowest BCUT2D eigenvalue weighted by Crippen LogP contribution is -2.68. The lowest BCUT2D eigenvalue weighted by Gasteiger charge is -2.58. The molecule has 0 radical (unpaired) electrons. The van der Waals surface area contributed by atoms with Crippen molar-refractivity contribution in [2.24, 2.45) is 5.92 Å². The molecule has 4 aliphatic rings. The van der Waals surface area contributed by atoms with Gasteiger partial charge in [-0.3, -0.25) is 0 Å². The van der Waals surface area contributed by atoms with Crippen molar-refractivity contribution in [3.05, 3.63) is 0 Å². The first-order valence-corrected chi connectivity index (χ1v) is 5.76. The third kappa shape index (κ3) is 1.29. The number of ether oxygens (including phenoxy) is 2. The Morgan fingerprint density at radius 3 is 2.93 bits per heavy atom. The van der Waals surface area contributed by atoms with Gasteiger partial charge in [-0.15, -0.1) is 0 Å². The molecule has 0 N–H and O–H groups in total. The maximum Gasteiger partial charge on any atom is 0.202 e. The standard InChI is InChI=1S/C11H18O4/c1-10-7-8-5-3-4-6-11(8,15-14-10)9(12-2)13-10/h8-9H,3-7H2,1-2H3/t8-,9-,10-,11+/m1/s1. The van der Waals surface area contributed by atoms with Crippen LogP contribution < -0.4 is 0 Å². The highest BCUT2D eigenvalue weighted by Crippen LogP contribution is 2.54. The Kier molecular flexibility index (Phi) is 2.12. The van der Waals surface area contributed by atoms with Gasteiger partial charge in [0.2, 0.25) is 5.79 Å². The highest BCUT2D eigenvalue weighted by Gasteiger charge is 2.63. The zero-order valence-corrected chi connectivity index (χ0v) is 9.32. The van der Waals surface area contributed by atoms with E-state index >= 15 is 0 Å². The zero-order valence-electron chi connectivity index (χ0n) is 9.32. The average molecular weight is 214 g/mol. The molecule has 4 heteroatoms. The molecular weight excluding hydrogens is 196 g/mol. The third-order valence-corrected chi connectivity index (χ3v) is 4.02. The van der Waals surface area contributed by atoms with Crippen molar-refractivity contribution in [1.29, 1.82) is 0 Å². The molecule has 1 aliphatic carbocycles. The van der Waals surface area contributed by atoms with E-state index in [4.69, 9.17) is 19.2 Å². The minimum atomic E-state index is -0.607. The van der Waals surface area contributed by atoms with Gasteiger partial charge in [0.25, 0.3) is 0 Å². The minimum Gasteiger partial charge on any atom is -0.353 e. The molecule has 0 unspecified atom stereocenters. The van der Waals surface area contributed by atoms with Gasteiger partial charge < -0.3 is 9.47 Å². The number of hydrogen-bond acceptors (Lipinski definition) is 4. The first-order chi connectivity index (χ1) is 7.19. The van der Waals surface area contributed by atoms with Crippen LogP contribution >= 0.6 is 0 Å². The molecule has 3 aliphatic heterocycles. The van der Waals surface area contributed by atoms with Crippen LogP contribution in [0.2, 0.25) is 0 Å². The molecule has 15 heavy (non-hydrogen) atoms. The van der Waals surface area contributed by atoms with Crippen LogP contribution in [0, 0.1) is 5.92 Å². The summed E-state index contributed by atoms with van der Waals surface area (Å²) in [5.41, 5.74) is -0.342. The number of fused-ring (bicyclic) bond motifs is 2. The highest BCUT2D eigenvalue weighted by atomic mass is 17.3. The summed E-state index contributed by atoms with van der Waals surface area (Å²) in [4.78, 5) is 11.0. The Bertz CT molecular complexity index is 257. The molecule has 1 spiro atoms. The second kappa shape index (κ2) is 3.17. The van der Waals surface area contributed by atoms with E-state index in [2.05, 4.69) is 0 Å². The van der Waals surface area contributed by atoms with E-state index in [0.29, 0.717) is 5.92 Å². The predicted molar refractivity (Wildman–Crippen MR) is 51.8 cm³/mol. The van der Waals surface area contributed by atoms with Gasteiger partial charge in [0.15, 0.2) is 11.9 Å². The van der Waals surface area contributed by atoms with Gasteiger partial charge in [-0.05, 0) is 19.8 Å². The molecule has 1 saturated carbocycles. The molecule has 0 amide bonds. The van der Waals surface area contributed by atoms with E-state index in [1.807, 2.05) is 6.92 Å². The second-order valence-corrected chi connectivity index (χ2v) is 5.09. The van der Waals surface area contributed by atoms with Gasteiger partial charge in [0, 0.05) is 19.4 Å². The molecule has 3 saturated heterocycles. The van der Waals surface area contributed by atoms with Gasteiger partial charge in [0.05, 0.1) is 0 Å². The molecule has 0 aromatic carbocycles. The predicted octanol–water partition coefficient (Wildman–Crippen LogP) is 1.99. The quantitative estimate of drug-likeness (QED) is 0.625. The summed E-state index contributed by atoms with van der Waals surface area (Å²) >= 11 is 0. The van der Waals surface area contributed by atoms with Crippen molar-refractivity contribution in [3.63, 3.8) is 0 Å². The summed E-state index contributed by atoms with van der Waals surface area (Å²) < 4.78 is 11.2. The number of methoxy groups -OCH3 is 1. The third-order valence-electron chi connectivity index (χ3n) is 4.02. The molecule has 0 aromatic heterocycles. The molecule has 4 atom stereocenters. The smallest absolute Gasteiger partial charge is 0.202 e. The lowest BCUT2D eigenvalue weighted by molar-refractivity contribution is -0.587. The fourth-order valence-corrected chi connectivity index (χ4v) is 3.26. The van der Waals surface area contributed by atoms with Crippen molar-refractivity contribution < 1.29 is 19.2 Å². The number of rotatable bonds is 1. The van der Waals surface area contributed by atoms with Crippen molar-refractivity contribution in [2.75, 3.05) is 7.11 Å². The Hall–Kier alpha value is -0.160. The Morgan fingerprint density at radius 1 is 1.27 bits per heavy atom. The summed E-state index contributed by atoms with van der Waals surface area (Å²) in [6, 6.07) is 0. The van der Waals surface area contributed by atoms with E-state index in [-0.39, 0.29) is 11.9 Å². The van der Waals surface area contributed by atoms with E-state index in [9.17, 15) is 0 Å². The first-order valence-electron chi connectivity index (χ1n) is 5.76. The molecule has 0 aromatic rings. The fraction of sp³-hybridized carbons (Fsp3) is 1.00. The van der Waals surface area contributed by atoms with Crippen LogP contribution in [-0.2, 0) is 19.2 Å². The molecule has 4 nitrogen and oxygen atoms in total. The first kappa shape index (κ1) is 10.0. The largest absolute Gasteiger partial charge is 0.353 e. The van der Waals surface area contributed by atoms with Crippen molar-refractivity contribution in [3.8, 4) is 0 Å². The van der Waals surface area contributed by atoms with Crippen LogP contribution in [0.1, 0.15) is 39.0 Å². The maximum absolute atomic E-state index is 5.81. The molecule has 3 heterocycles. The van der Waals surface area contributed by atoms with Gasteiger partial charge in [-0.25, -0.2) is 9.78 Å². The van der Waals surface area contributed by atoms with Gasteiger partial charge in [-0.2, -0.15) is 0 Å². The van der Waals surface area contributed by atoms with Crippen molar-refractivity contribution >= 4 is 0 Å². The van der Waals surface area contributed by atoms with Crippen LogP contribution in [0.4, 0.5) is 0 Å². The molecular formula is C11H18O4. The zero-order chi connectivity index (χ0) is 10.5. The molecule has 2 bridgehead atoms. The summed E-state index contributed by atoms with van der Waals surface area (Å²) in [6.45, 7) is 1.93. The molecule has 4 fully saturated rings. The van der Waals surface area contributed by atoms with Crippen LogP contribution in [0.3, 0.4) is 0 Å². The average Bonchev–Trinajstić information content (AvgIpc) is 2.26. The van der Waals surface area contributed by atoms with Crippen molar-refractivity contribution in [2.45, 2.75) is 56.7 Å². The van der Waals surface area contributed by atoms with Gasteiger partial charge >= 0.3 is 0 Å². The van der Waals surface area contributed by atoms with Crippen LogP contribution in [0.5, 0.6) is 0 Å². The van der Waals surface area contributed by atoms with E-state index in [1.54, 1.807) is 7.11 Å². The summed E-state index contributed by atoms with van der Waals surface area (Å²) in [5.74, 6) is -0.0894. The summed E-state index contributed by atoms with van der Waals surface area (Å²) in [6.07, 6.45) is 5.28. The topological polar surface area (TPSA) is 36.9 Å². The van der Waals surface area contributed by atoms with E-state index in [0.717, 1.165) is 12.8 Å². The fourth-order valence-electron chi connectivity index (χ4n) is 3.26. The maximum atomic E-state index is 5.81. The molecule has 4 rings (SSSR count). The minimum absolute atomic E-state index is 0.268. The Morgan fingerprint density at radius 2 is 2.13 bits per heavy atom. The Balaban J connectivity index is 1.94. The Labute approximate surface area is 89.8 Å². The lowest BCUT2D eigenvalue weighted by atomic mass is 9.69. The van der Waals surface area contributed by atoms with Gasteiger partial charge in [-0.1, -0.05) is 12.8 Å². The van der Waals surface area contributed by atoms with Crippen LogP contribution in [0.15, 0.2) is 0 Å². The number of hydrogen-bond donors (Lipinski definition) is 0. The van der Waals surface area contributed by atoms with E-state index < -0.39 is 5.79 Å². The second-order valence-electron chi connectivity index (χ2n) is 5.09. The van der Waals surface area contributed by atoms with Crippen molar-refractivity contribution in [1.82, 2.24) is 0 Å². The summed E-state index contributed by atoms with van der Waals surface area (Å²) in [7, 11) is 1.68.